The first-order chi connectivity index (χ1) is 9.82. The molecule has 3 N–H and O–H groups in total. The van der Waals surface area contributed by atoms with Crippen LogP contribution < -0.4 is 10.2 Å². The van der Waals surface area contributed by atoms with Crippen molar-refractivity contribution in [3.8, 4) is 5.75 Å². The van der Waals surface area contributed by atoms with Crippen molar-refractivity contribution in [2.75, 3.05) is 6.61 Å². The van der Waals surface area contributed by atoms with Gasteiger partial charge < -0.3 is 19.9 Å². The standard InChI is InChI=1S/C13H11F2NO5/c1-5(17)4-21-12-9(15)8(14)2-6-10(12)16-3-7(11(6)18)13(19)20/h2-3,5,17H,4H2,1H3,(H,16,18)(H,19,20). The van der Waals surface area contributed by atoms with Crippen LogP contribution in [0.4, 0.5) is 8.78 Å². The predicted octanol–water partition coefficient (Wildman–Crippen LogP) is 1.26. The lowest BCUT2D eigenvalue weighted by Crippen LogP contribution is -2.18. The monoisotopic (exact) mass is 299 g/mol. The lowest BCUT2D eigenvalue weighted by atomic mass is 10.1. The molecule has 6 nitrogen and oxygen atoms in total. The van der Waals surface area contributed by atoms with Crippen LogP contribution in [-0.4, -0.2) is 33.9 Å². The fraction of sp³-hybridized carbons (Fsp3) is 0.231. The molecule has 0 amide bonds. The Morgan fingerprint density at radius 3 is 2.71 bits per heavy atom. The van der Waals surface area contributed by atoms with Gasteiger partial charge in [-0.25, -0.2) is 9.18 Å². The smallest absolute Gasteiger partial charge is 0.341 e. The summed E-state index contributed by atoms with van der Waals surface area (Å²) in [4.78, 5) is 25.2. The number of halogens is 2. The van der Waals surface area contributed by atoms with Crippen molar-refractivity contribution in [1.29, 1.82) is 0 Å². The van der Waals surface area contributed by atoms with E-state index in [1.807, 2.05) is 0 Å². The Morgan fingerprint density at radius 2 is 2.14 bits per heavy atom. The number of carboxylic acids is 1. The molecular weight excluding hydrogens is 288 g/mol. The van der Waals surface area contributed by atoms with Crippen LogP contribution in [0.3, 0.4) is 0 Å². The highest BCUT2D eigenvalue weighted by atomic mass is 19.2. The SMILES string of the molecule is CC(O)COc1c(F)c(F)cc2c(=O)c(C(=O)O)c[nH]c12. The quantitative estimate of drug-likeness (QED) is 0.789. The van der Waals surface area contributed by atoms with Gasteiger partial charge in [-0.15, -0.1) is 0 Å². The normalized spacial score (nSPS) is 12.4. The van der Waals surface area contributed by atoms with Gasteiger partial charge in [-0.1, -0.05) is 0 Å². The van der Waals surface area contributed by atoms with E-state index >= 15 is 0 Å². The summed E-state index contributed by atoms with van der Waals surface area (Å²) < 4.78 is 32.2. The van der Waals surface area contributed by atoms with E-state index in [4.69, 9.17) is 14.9 Å². The number of ether oxygens (including phenoxy) is 1. The second-order valence-electron chi connectivity index (χ2n) is 4.42. The first-order valence-electron chi connectivity index (χ1n) is 5.90. The number of aromatic carboxylic acids is 1. The second kappa shape index (κ2) is 5.49. The number of aliphatic hydroxyl groups is 1. The highest BCUT2D eigenvalue weighted by molar-refractivity contribution is 5.94. The number of carboxylic acid groups (broad SMARTS) is 1. The number of hydrogen-bond acceptors (Lipinski definition) is 4. The maximum Gasteiger partial charge on any atom is 0.341 e. The molecule has 1 unspecified atom stereocenters. The molecule has 21 heavy (non-hydrogen) atoms. The number of benzene rings is 1. The number of pyridine rings is 1. The first-order valence-corrected chi connectivity index (χ1v) is 5.90. The van der Waals surface area contributed by atoms with Crippen molar-refractivity contribution in [2.45, 2.75) is 13.0 Å². The van der Waals surface area contributed by atoms with E-state index in [9.17, 15) is 18.4 Å². The summed E-state index contributed by atoms with van der Waals surface area (Å²) in [5.74, 6) is -4.76. The van der Waals surface area contributed by atoms with Gasteiger partial charge in [-0.3, -0.25) is 4.79 Å². The molecule has 0 aliphatic rings. The summed E-state index contributed by atoms with van der Waals surface area (Å²) in [6, 6.07) is 0.602. The number of aliphatic hydroxyl groups excluding tert-OH is 1. The Morgan fingerprint density at radius 1 is 1.48 bits per heavy atom. The van der Waals surface area contributed by atoms with E-state index in [0.717, 1.165) is 6.20 Å². The number of aromatic nitrogens is 1. The number of nitrogens with one attached hydrogen (secondary N) is 1. The molecule has 0 aliphatic carbocycles. The Labute approximate surface area is 116 Å². The van der Waals surface area contributed by atoms with E-state index in [0.29, 0.717) is 6.07 Å². The molecule has 0 bridgehead atoms. The molecule has 112 valence electrons. The lowest BCUT2D eigenvalue weighted by molar-refractivity contribution is 0.0695. The molecule has 0 spiro atoms. The van der Waals surface area contributed by atoms with Gasteiger partial charge >= 0.3 is 5.97 Å². The molecule has 2 rings (SSSR count). The molecule has 0 radical (unpaired) electrons. The van der Waals surface area contributed by atoms with Crippen molar-refractivity contribution in [3.05, 3.63) is 39.7 Å². The van der Waals surface area contributed by atoms with Gasteiger partial charge in [0.15, 0.2) is 11.6 Å². The summed E-state index contributed by atoms with van der Waals surface area (Å²) in [6.07, 6.45) is -0.0627. The Balaban J connectivity index is 2.73. The number of H-pyrrole nitrogens is 1. The number of rotatable bonds is 4. The molecule has 1 heterocycles. The zero-order valence-corrected chi connectivity index (χ0v) is 10.8. The highest BCUT2D eigenvalue weighted by Crippen LogP contribution is 2.28. The summed E-state index contributed by atoms with van der Waals surface area (Å²) in [5, 5.41) is 17.6. The van der Waals surface area contributed by atoms with Crippen LogP contribution >= 0.6 is 0 Å². The summed E-state index contributed by atoms with van der Waals surface area (Å²) >= 11 is 0. The summed E-state index contributed by atoms with van der Waals surface area (Å²) in [7, 11) is 0. The van der Waals surface area contributed by atoms with Crippen LogP contribution in [0.1, 0.15) is 17.3 Å². The molecule has 1 aromatic heterocycles. The molecule has 2 aromatic rings. The molecule has 8 heteroatoms. The zero-order chi connectivity index (χ0) is 15.7. The number of aromatic amines is 1. The van der Waals surface area contributed by atoms with Crippen molar-refractivity contribution < 1.29 is 28.5 Å². The van der Waals surface area contributed by atoms with Gasteiger partial charge in [0.05, 0.1) is 17.0 Å². The first kappa shape index (κ1) is 14.9. The molecule has 1 aromatic carbocycles. The van der Waals surface area contributed by atoms with Crippen LogP contribution in [0.25, 0.3) is 10.9 Å². The number of hydrogen-bond donors (Lipinski definition) is 3. The third kappa shape index (κ3) is 2.70. The molecule has 1 atom stereocenters. The largest absolute Gasteiger partial charge is 0.486 e. The minimum atomic E-state index is -1.49. The third-order valence-corrected chi connectivity index (χ3v) is 2.73. The highest BCUT2D eigenvalue weighted by Gasteiger charge is 2.20. The maximum absolute atomic E-state index is 13.8. The topological polar surface area (TPSA) is 99.6 Å². The average Bonchev–Trinajstić information content (AvgIpc) is 2.40. The molecule has 0 aliphatic heterocycles. The van der Waals surface area contributed by atoms with Gasteiger partial charge in [0.2, 0.25) is 11.2 Å². The minimum absolute atomic E-state index is 0.176. The van der Waals surface area contributed by atoms with E-state index in [-0.39, 0.29) is 17.5 Å². The van der Waals surface area contributed by atoms with Gasteiger partial charge in [-0.05, 0) is 13.0 Å². The molecule has 0 fully saturated rings. The van der Waals surface area contributed by atoms with Crippen molar-refractivity contribution in [2.24, 2.45) is 0 Å². The zero-order valence-electron chi connectivity index (χ0n) is 10.8. The van der Waals surface area contributed by atoms with E-state index in [1.54, 1.807) is 0 Å². The minimum Gasteiger partial charge on any atom is -0.486 e. The third-order valence-electron chi connectivity index (χ3n) is 2.73. The molecule has 0 saturated heterocycles. The van der Waals surface area contributed by atoms with Gasteiger partial charge in [-0.2, -0.15) is 4.39 Å². The fourth-order valence-electron chi connectivity index (χ4n) is 1.78. The van der Waals surface area contributed by atoms with E-state index in [1.165, 1.54) is 6.92 Å². The fourth-order valence-corrected chi connectivity index (χ4v) is 1.78. The van der Waals surface area contributed by atoms with Crippen molar-refractivity contribution in [1.82, 2.24) is 4.98 Å². The number of fused-ring (bicyclic) bond motifs is 1. The van der Waals surface area contributed by atoms with Crippen LogP contribution in [0.2, 0.25) is 0 Å². The lowest BCUT2D eigenvalue weighted by Gasteiger charge is -2.12. The summed E-state index contributed by atoms with van der Waals surface area (Å²) in [5.41, 5.74) is -1.74. The average molecular weight is 299 g/mol. The van der Waals surface area contributed by atoms with E-state index < -0.39 is 40.4 Å². The second-order valence-corrected chi connectivity index (χ2v) is 4.42. The Hall–Kier alpha value is -2.48. The van der Waals surface area contributed by atoms with Gasteiger partial charge in [0.1, 0.15) is 12.2 Å². The van der Waals surface area contributed by atoms with Gasteiger partial charge in [0.25, 0.3) is 0 Å². The Bertz CT molecular complexity index is 769. The summed E-state index contributed by atoms with van der Waals surface area (Å²) in [6.45, 7) is 1.06. The van der Waals surface area contributed by atoms with Crippen molar-refractivity contribution >= 4 is 16.9 Å². The van der Waals surface area contributed by atoms with Gasteiger partial charge in [0, 0.05) is 6.20 Å². The van der Waals surface area contributed by atoms with Crippen LogP contribution in [0.5, 0.6) is 5.75 Å². The predicted molar refractivity (Wildman–Crippen MR) is 68.6 cm³/mol. The van der Waals surface area contributed by atoms with Crippen LogP contribution in [-0.2, 0) is 0 Å². The maximum atomic E-state index is 13.8. The van der Waals surface area contributed by atoms with Crippen molar-refractivity contribution in [3.63, 3.8) is 0 Å². The van der Waals surface area contributed by atoms with Crippen LogP contribution in [0.15, 0.2) is 17.1 Å². The van der Waals surface area contributed by atoms with E-state index in [2.05, 4.69) is 4.98 Å². The molecule has 0 saturated carbocycles. The molecular formula is C13H11F2NO5. The Kier molecular flexibility index (Phi) is 3.90. The van der Waals surface area contributed by atoms with Crippen LogP contribution in [0, 0.1) is 11.6 Å². The number of carbonyl (C=O) groups is 1.